The van der Waals surface area contributed by atoms with Crippen molar-refractivity contribution in [1.82, 2.24) is 9.29 Å². The molecule has 0 bridgehead atoms. The Bertz CT molecular complexity index is 1310. The van der Waals surface area contributed by atoms with E-state index in [1.807, 2.05) is 24.3 Å². The first-order chi connectivity index (χ1) is 15.8. The molecular formula is C23H24N4O4S2. The number of rotatable bonds is 4. The van der Waals surface area contributed by atoms with Crippen molar-refractivity contribution >= 4 is 54.2 Å². The van der Waals surface area contributed by atoms with E-state index in [0.29, 0.717) is 29.5 Å². The maximum atomic E-state index is 13.1. The quantitative estimate of drug-likeness (QED) is 0.612. The summed E-state index contributed by atoms with van der Waals surface area (Å²) in [5.41, 5.74) is 2.04. The molecule has 1 saturated heterocycles. The SMILES string of the molecule is CC(=O)N1c2ccc(S(=O)(=O)N3CCCCC3)cc2C[C@@H]1C(=O)Nc1nc2ccccc2s1. The number of hydrogen-bond acceptors (Lipinski definition) is 6. The minimum Gasteiger partial charge on any atom is -0.300 e. The van der Waals surface area contributed by atoms with Crippen molar-refractivity contribution in [1.29, 1.82) is 0 Å². The number of carbonyl (C=O) groups excluding carboxylic acids is 2. The Kier molecular flexibility index (Phi) is 5.67. The molecule has 2 amide bonds. The lowest BCUT2D eigenvalue weighted by atomic mass is 10.1. The molecule has 172 valence electrons. The summed E-state index contributed by atoms with van der Waals surface area (Å²) in [6.45, 7) is 2.45. The first kappa shape index (κ1) is 22.0. The van der Waals surface area contributed by atoms with Crippen molar-refractivity contribution in [3.05, 3.63) is 48.0 Å². The van der Waals surface area contributed by atoms with E-state index < -0.39 is 16.1 Å². The number of para-hydroxylation sites is 1. The number of aromatic nitrogens is 1. The Morgan fingerprint density at radius 1 is 1.09 bits per heavy atom. The highest BCUT2D eigenvalue weighted by molar-refractivity contribution is 7.89. The van der Waals surface area contributed by atoms with Crippen molar-refractivity contribution in [2.24, 2.45) is 0 Å². The lowest BCUT2D eigenvalue weighted by Gasteiger charge is -2.26. The summed E-state index contributed by atoms with van der Waals surface area (Å²) in [6.07, 6.45) is 3.00. The summed E-state index contributed by atoms with van der Waals surface area (Å²) in [4.78, 5) is 31.7. The van der Waals surface area contributed by atoms with Gasteiger partial charge in [-0.3, -0.25) is 14.5 Å². The summed E-state index contributed by atoms with van der Waals surface area (Å²) < 4.78 is 28.7. The molecular weight excluding hydrogens is 460 g/mol. The summed E-state index contributed by atoms with van der Waals surface area (Å²) in [5.74, 6) is -0.620. The molecule has 1 N–H and O–H groups in total. The third-order valence-electron chi connectivity index (χ3n) is 6.15. The lowest BCUT2D eigenvalue weighted by Crippen LogP contribution is -2.44. The zero-order valence-corrected chi connectivity index (χ0v) is 19.8. The monoisotopic (exact) mass is 484 g/mol. The van der Waals surface area contributed by atoms with Gasteiger partial charge in [0.25, 0.3) is 0 Å². The van der Waals surface area contributed by atoms with Gasteiger partial charge >= 0.3 is 0 Å². The van der Waals surface area contributed by atoms with E-state index in [1.165, 1.54) is 33.5 Å². The molecule has 2 aliphatic rings. The molecule has 3 heterocycles. The molecule has 10 heteroatoms. The van der Waals surface area contributed by atoms with Crippen LogP contribution >= 0.6 is 11.3 Å². The van der Waals surface area contributed by atoms with Gasteiger partial charge in [0.1, 0.15) is 6.04 Å². The van der Waals surface area contributed by atoms with Crippen molar-refractivity contribution in [2.75, 3.05) is 23.3 Å². The average molecular weight is 485 g/mol. The highest BCUT2D eigenvalue weighted by Gasteiger charge is 2.38. The second-order valence-electron chi connectivity index (χ2n) is 8.34. The van der Waals surface area contributed by atoms with E-state index in [0.717, 1.165) is 29.5 Å². The van der Waals surface area contributed by atoms with Crippen LogP contribution in [0, 0.1) is 0 Å². The van der Waals surface area contributed by atoms with Crippen LogP contribution in [0.15, 0.2) is 47.4 Å². The van der Waals surface area contributed by atoms with Crippen molar-refractivity contribution in [3.8, 4) is 0 Å². The second kappa shape index (κ2) is 8.51. The molecule has 0 aliphatic carbocycles. The third-order valence-corrected chi connectivity index (χ3v) is 9.00. The maximum absolute atomic E-state index is 13.1. The largest absolute Gasteiger partial charge is 0.300 e. The van der Waals surface area contributed by atoms with Gasteiger partial charge in [-0.1, -0.05) is 29.9 Å². The number of carbonyl (C=O) groups is 2. The van der Waals surface area contributed by atoms with Crippen LogP contribution in [-0.4, -0.2) is 48.7 Å². The topological polar surface area (TPSA) is 99.7 Å². The molecule has 33 heavy (non-hydrogen) atoms. The molecule has 2 aromatic carbocycles. The zero-order chi connectivity index (χ0) is 23.2. The van der Waals surface area contributed by atoms with E-state index >= 15 is 0 Å². The minimum absolute atomic E-state index is 0.207. The Balaban J connectivity index is 1.41. The van der Waals surface area contributed by atoms with E-state index in [9.17, 15) is 18.0 Å². The van der Waals surface area contributed by atoms with Crippen LogP contribution in [0.4, 0.5) is 10.8 Å². The molecule has 2 aliphatic heterocycles. The van der Waals surface area contributed by atoms with Gasteiger partial charge in [-0.05, 0) is 48.7 Å². The zero-order valence-electron chi connectivity index (χ0n) is 18.2. The first-order valence-electron chi connectivity index (χ1n) is 10.9. The number of hydrogen-bond donors (Lipinski definition) is 1. The van der Waals surface area contributed by atoms with E-state index in [1.54, 1.807) is 12.1 Å². The van der Waals surface area contributed by atoms with Gasteiger partial charge in [0.2, 0.25) is 21.8 Å². The summed E-state index contributed by atoms with van der Waals surface area (Å²) in [5, 5.41) is 3.30. The van der Waals surface area contributed by atoms with Gasteiger partial charge in [-0.25, -0.2) is 13.4 Å². The highest BCUT2D eigenvalue weighted by atomic mass is 32.2. The fourth-order valence-electron chi connectivity index (χ4n) is 4.56. The van der Waals surface area contributed by atoms with Gasteiger partial charge < -0.3 is 5.32 Å². The van der Waals surface area contributed by atoms with Gasteiger partial charge in [-0.15, -0.1) is 0 Å². The number of nitrogens with one attached hydrogen (secondary N) is 1. The lowest BCUT2D eigenvalue weighted by molar-refractivity contribution is -0.122. The molecule has 5 rings (SSSR count). The van der Waals surface area contributed by atoms with Gasteiger partial charge in [0, 0.05) is 32.1 Å². The number of sulfonamides is 1. The smallest absolute Gasteiger partial charge is 0.249 e. The van der Waals surface area contributed by atoms with Gasteiger partial charge in [0.15, 0.2) is 5.13 Å². The van der Waals surface area contributed by atoms with E-state index in [-0.39, 0.29) is 23.1 Å². The summed E-state index contributed by atoms with van der Waals surface area (Å²) >= 11 is 1.37. The molecule has 0 spiro atoms. The molecule has 0 radical (unpaired) electrons. The fraction of sp³-hybridized carbons (Fsp3) is 0.348. The van der Waals surface area contributed by atoms with Gasteiger partial charge in [0.05, 0.1) is 15.1 Å². The number of benzene rings is 2. The van der Waals surface area contributed by atoms with E-state index in [4.69, 9.17) is 0 Å². The average Bonchev–Trinajstić information content (AvgIpc) is 3.40. The highest BCUT2D eigenvalue weighted by Crippen LogP contribution is 2.36. The third kappa shape index (κ3) is 4.03. The number of thiazole rings is 1. The fourth-order valence-corrected chi connectivity index (χ4v) is 6.99. The second-order valence-corrected chi connectivity index (χ2v) is 11.3. The van der Waals surface area contributed by atoms with Crippen LogP contribution in [-0.2, 0) is 26.0 Å². The maximum Gasteiger partial charge on any atom is 0.249 e. The Morgan fingerprint density at radius 3 is 2.58 bits per heavy atom. The predicted octanol–water partition coefficient (Wildman–Crippen LogP) is 3.39. The first-order valence-corrected chi connectivity index (χ1v) is 13.2. The van der Waals surface area contributed by atoms with Crippen molar-refractivity contribution < 1.29 is 18.0 Å². The van der Waals surface area contributed by atoms with Crippen LogP contribution in [0.3, 0.4) is 0 Å². The molecule has 8 nitrogen and oxygen atoms in total. The molecule has 1 aromatic heterocycles. The van der Waals surface area contributed by atoms with Crippen molar-refractivity contribution in [2.45, 2.75) is 43.5 Å². The van der Waals surface area contributed by atoms with Crippen LogP contribution in [0.1, 0.15) is 31.7 Å². The standard InChI is InChI=1S/C23H24N4O4S2/c1-15(28)27-19-10-9-17(33(30,31)26-11-5-2-6-12-26)13-16(19)14-20(27)22(29)25-23-24-18-7-3-4-8-21(18)32-23/h3-4,7-10,13,20H,2,5-6,11-12,14H2,1H3,(H,24,25,29)/t20-/m1/s1. The number of nitrogens with zero attached hydrogens (tertiary/aromatic N) is 3. The molecule has 3 aromatic rings. The van der Waals surface area contributed by atoms with Crippen LogP contribution < -0.4 is 10.2 Å². The molecule has 1 fully saturated rings. The summed E-state index contributed by atoms with van der Waals surface area (Å²) in [7, 11) is -3.60. The summed E-state index contributed by atoms with van der Waals surface area (Å²) in [6, 6.07) is 11.6. The Morgan fingerprint density at radius 2 is 1.85 bits per heavy atom. The number of amides is 2. The molecule has 1 atom stereocenters. The van der Waals surface area contributed by atoms with Crippen molar-refractivity contribution in [3.63, 3.8) is 0 Å². The van der Waals surface area contributed by atoms with Crippen LogP contribution in [0.25, 0.3) is 10.2 Å². The molecule has 0 saturated carbocycles. The number of anilines is 2. The Labute approximate surface area is 196 Å². The minimum atomic E-state index is -3.60. The Hall–Kier alpha value is -2.82. The predicted molar refractivity (Wildman–Crippen MR) is 128 cm³/mol. The van der Waals surface area contributed by atoms with Crippen LogP contribution in [0.5, 0.6) is 0 Å². The van der Waals surface area contributed by atoms with Gasteiger partial charge in [-0.2, -0.15) is 4.31 Å². The number of fused-ring (bicyclic) bond motifs is 2. The molecule has 0 unspecified atom stereocenters. The normalized spacial score (nSPS) is 18.9. The van der Waals surface area contributed by atoms with E-state index in [2.05, 4.69) is 10.3 Å². The van der Waals surface area contributed by atoms with Crippen LogP contribution in [0.2, 0.25) is 0 Å². The number of piperidine rings is 1.